The molecule has 330 valence electrons. The van der Waals surface area contributed by atoms with Gasteiger partial charge in [-0.2, -0.15) is 0 Å². The van der Waals surface area contributed by atoms with E-state index < -0.39 is 33.8 Å². The van der Waals surface area contributed by atoms with E-state index in [1.165, 1.54) is 10.4 Å². The van der Waals surface area contributed by atoms with Crippen molar-refractivity contribution in [3.63, 3.8) is 0 Å². The molecular formula is C60H56O3Si4. The fourth-order valence-electron chi connectivity index (χ4n) is 9.54. The molecule has 9 aromatic rings. The van der Waals surface area contributed by atoms with E-state index in [9.17, 15) is 0 Å². The van der Waals surface area contributed by atoms with Gasteiger partial charge in [0.15, 0.2) is 0 Å². The first kappa shape index (κ1) is 45.6. The van der Waals surface area contributed by atoms with Crippen LogP contribution in [0.2, 0.25) is 6.04 Å². The quantitative estimate of drug-likeness (QED) is 0.0333. The van der Waals surface area contributed by atoms with Crippen molar-refractivity contribution in [1.29, 1.82) is 0 Å². The van der Waals surface area contributed by atoms with Crippen LogP contribution in [0.15, 0.2) is 286 Å². The van der Waals surface area contributed by atoms with Gasteiger partial charge in [0, 0.05) is 0 Å². The summed E-state index contributed by atoms with van der Waals surface area (Å²) in [5.74, 6) is 0. The second-order valence-electron chi connectivity index (χ2n) is 16.9. The molecule has 9 rings (SSSR count). The third-order valence-electron chi connectivity index (χ3n) is 12.7. The van der Waals surface area contributed by atoms with E-state index in [4.69, 9.17) is 12.3 Å². The molecule has 0 spiro atoms. The minimum atomic E-state index is -4.07. The maximum absolute atomic E-state index is 8.90. The topological polar surface area (TPSA) is 27.7 Å². The second kappa shape index (κ2) is 21.4. The molecule has 0 saturated heterocycles. The lowest BCUT2D eigenvalue weighted by Gasteiger charge is -2.49. The molecule has 0 N–H and O–H groups in total. The Hall–Kier alpha value is -6.53. The molecule has 67 heavy (non-hydrogen) atoms. The Morgan fingerprint density at radius 2 is 0.537 bits per heavy atom. The summed E-state index contributed by atoms with van der Waals surface area (Å²) in [5.41, 5.74) is 0. The monoisotopic (exact) mass is 936 g/mol. The largest absolute Gasteiger partial charge is 0.422 e. The van der Waals surface area contributed by atoms with Gasteiger partial charge in [0.1, 0.15) is 0 Å². The first-order valence-electron chi connectivity index (χ1n) is 23.3. The van der Waals surface area contributed by atoms with Crippen molar-refractivity contribution in [1.82, 2.24) is 0 Å². The van der Waals surface area contributed by atoms with E-state index in [1.807, 2.05) is 6.08 Å². The molecule has 0 aliphatic heterocycles. The Morgan fingerprint density at radius 3 is 0.821 bits per heavy atom. The second-order valence-corrected chi connectivity index (χ2v) is 30.5. The van der Waals surface area contributed by atoms with E-state index in [0.29, 0.717) is 0 Å². The average Bonchev–Trinajstić information content (AvgIpc) is 3.42. The van der Waals surface area contributed by atoms with Crippen LogP contribution in [-0.2, 0) is 12.3 Å². The molecule has 0 saturated carbocycles. The van der Waals surface area contributed by atoms with Crippen molar-refractivity contribution >= 4 is 80.4 Å². The van der Waals surface area contributed by atoms with Gasteiger partial charge in [-0.25, -0.2) is 0 Å². The summed E-state index contributed by atoms with van der Waals surface area (Å²) < 4.78 is 26.5. The molecular weight excluding hydrogens is 881 g/mol. The highest BCUT2D eigenvalue weighted by molar-refractivity contribution is 7.16. The zero-order chi connectivity index (χ0) is 45.7. The molecule has 0 fully saturated rings. The Morgan fingerprint density at radius 1 is 0.284 bits per heavy atom. The van der Waals surface area contributed by atoms with Crippen molar-refractivity contribution in [3.05, 3.63) is 286 Å². The van der Waals surface area contributed by atoms with Gasteiger partial charge in [-0.15, -0.1) is 6.58 Å². The van der Waals surface area contributed by atoms with E-state index >= 15 is 0 Å². The number of unbranched alkanes of at least 4 members (excludes halogenated alkanes) is 2. The summed E-state index contributed by atoms with van der Waals surface area (Å²) in [7, 11) is -14.9. The first-order chi connectivity index (χ1) is 33.1. The van der Waals surface area contributed by atoms with Gasteiger partial charge in [-0.05, 0) is 65.6 Å². The van der Waals surface area contributed by atoms with E-state index in [0.717, 1.165) is 61.6 Å². The van der Waals surface area contributed by atoms with Crippen LogP contribution in [0.5, 0.6) is 0 Å². The first-order valence-corrected chi connectivity index (χ1v) is 31.0. The Bertz CT molecular complexity index is 2660. The predicted molar refractivity (Wildman–Crippen MR) is 290 cm³/mol. The Kier molecular flexibility index (Phi) is 14.6. The van der Waals surface area contributed by atoms with E-state index in [-0.39, 0.29) is 0 Å². The molecule has 0 unspecified atom stereocenters. The lowest BCUT2D eigenvalue weighted by molar-refractivity contribution is 0.360. The molecule has 9 aromatic carbocycles. The molecule has 0 aromatic heterocycles. The lowest BCUT2D eigenvalue weighted by Crippen LogP contribution is -2.83. The smallest absolute Gasteiger partial charge is 0.389 e. The number of benzene rings is 9. The highest BCUT2D eigenvalue weighted by Crippen LogP contribution is 2.29. The molecule has 0 aliphatic rings. The van der Waals surface area contributed by atoms with Gasteiger partial charge < -0.3 is 12.3 Å². The van der Waals surface area contributed by atoms with Gasteiger partial charge in [0.2, 0.25) is 8.32 Å². The SMILES string of the molecule is C=CCCCC[Si](O[Si](O[Si](O[Si](c1ccccc1)(c1ccccc1)c1ccccc1)(c1ccccc1)c1ccccc1)(c1ccccc1)c1ccccc1)(c1ccccc1)c1ccccc1. The van der Waals surface area contributed by atoms with Crippen LogP contribution in [0.1, 0.15) is 19.3 Å². The molecule has 0 bridgehead atoms. The molecule has 0 amide bonds. The van der Waals surface area contributed by atoms with Gasteiger partial charge in [-0.3, -0.25) is 0 Å². The van der Waals surface area contributed by atoms with Crippen LogP contribution in [0.4, 0.5) is 0 Å². The van der Waals surface area contributed by atoms with Crippen LogP contribution >= 0.6 is 0 Å². The minimum Gasteiger partial charge on any atom is -0.422 e. The molecule has 0 aliphatic carbocycles. The number of rotatable bonds is 20. The molecule has 3 nitrogen and oxygen atoms in total. The summed E-state index contributed by atoms with van der Waals surface area (Å²) in [4.78, 5) is 0. The average molecular weight is 937 g/mol. The van der Waals surface area contributed by atoms with Gasteiger partial charge in [-0.1, -0.05) is 285 Å². The maximum Gasteiger partial charge on any atom is 0.389 e. The molecule has 0 atom stereocenters. The van der Waals surface area contributed by atoms with Crippen molar-refractivity contribution in [2.75, 3.05) is 0 Å². The minimum absolute atomic E-state index is 0.843. The standard InChI is InChI=1S/C60H56O3Si4/c1-2-3-4-32-51-64(52-33-14-5-15-34-52,53-35-16-6-17-36-53)61-66(57-43-24-10-25-44-57,58-45-26-11-27-46-58)63-67(59-47-28-12-29-48-59,60-49-30-13-31-50-60)62-65(54-37-18-7-19-38-54,55-39-20-8-21-40-55)56-41-22-9-23-42-56/h2,5-31,33-50H,1,3-4,32,51H2. The van der Waals surface area contributed by atoms with Crippen LogP contribution < -0.4 is 46.7 Å². The molecule has 0 radical (unpaired) electrons. The van der Waals surface area contributed by atoms with E-state index in [1.54, 1.807) is 0 Å². The highest BCUT2D eigenvalue weighted by atomic mass is 28.5. The third kappa shape index (κ3) is 9.41. The predicted octanol–water partition coefficient (Wildman–Crippen LogP) is 8.33. The third-order valence-corrected chi connectivity index (χ3v) is 31.3. The Labute approximate surface area is 401 Å². The fourth-order valence-corrected chi connectivity index (χ4v) is 31.8. The molecule has 7 heteroatoms. The zero-order valence-corrected chi connectivity index (χ0v) is 41.8. The normalized spacial score (nSPS) is 12.1. The van der Waals surface area contributed by atoms with Gasteiger partial charge in [0.25, 0.3) is 8.32 Å². The number of hydrogen-bond donors (Lipinski definition) is 0. The number of allylic oxidation sites excluding steroid dienone is 1. The highest BCUT2D eigenvalue weighted by Gasteiger charge is 2.61. The number of hydrogen-bond acceptors (Lipinski definition) is 3. The van der Waals surface area contributed by atoms with Gasteiger partial charge in [0.05, 0.1) is 0 Å². The fraction of sp³-hybridized carbons (Fsp3) is 0.0667. The van der Waals surface area contributed by atoms with Crippen molar-refractivity contribution < 1.29 is 12.3 Å². The summed E-state index contributed by atoms with van der Waals surface area (Å²) >= 11 is 0. The van der Waals surface area contributed by atoms with Crippen molar-refractivity contribution in [2.45, 2.75) is 25.3 Å². The summed E-state index contributed by atoms with van der Waals surface area (Å²) in [6.07, 6.45) is 4.92. The van der Waals surface area contributed by atoms with Crippen molar-refractivity contribution in [2.24, 2.45) is 0 Å². The van der Waals surface area contributed by atoms with Crippen LogP contribution in [0.3, 0.4) is 0 Å². The summed E-state index contributed by atoms with van der Waals surface area (Å²) in [6.45, 7) is 4.10. The van der Waals surface area contributed by atoms with Crippen molar-refractivity contribution in [3.8, 4) is 0 Å². The lowest BCUT2D eigenvalue weighted by atomic mass is 10.2. The van der Waals surface area contributed by atoms with E-state index in [2.05, 4.69) is 280 Å². The van der Waals surface area contributed by atoms with Crippen LogP contribution in [0.25, 0.3) is 0 Å². The maximum atomic E-state index is 8.90. The van der Waals surface area contributed by atoms with Crippen LogP contribution in [-0.4, -0.2) is 33.8 Å². The van der Waals surface area contributed by atoms with Gasteiger partial charge >= 0.3 is 17.1 Å². The summed E-state index contributed by atoms with van der Waals surface area (Å²) in [5, 5.41) is 9.87. The Balaban J connectivity index is 1.43. The summed E-state index contributed by atoms with van der Waals surface area (Å²) in [6, 6.07) is 98.8. The van der Waals surface area contributed by atoms with Crippen LogP contribution in [0, 0.1) is 0 Å². The zero-order valence-electron chi connectivity index (χ0n) is 37.8. The molecule has 0 heterocycles.